The molecule has 1 saturated heterocycles. The number of ether oxygens (including phenoxy) is 1. The quantitative estimate of drug-likeness (QED) is 0.277. The van der Waals surface area contributed by atoms with Crippen molar-refractivity contribution in [2.75, 3.05) is 43.1 Å². The van der Waals surface area contributed by atoms with Crippen molar-refractivity contribution < 1.29 is 40.7 Å². The molecule has 0 aromatic heterocycles. The van der Waals surface area contributed by atoms with Gasteiger partial charge in [-0.3, -0.25) is 9.59 Å². The zero-order chi connectivity index (χ0) is 28.8. The van der Waals surface area contributed by atoms with Crippen LogP contribution in [0.4, 0.5) is 37.7 Å². The zero-order valence-electron chi connectivity index (χ0n) is 21.6. The van der Waals surface area contributed by atoms with E-state index in [1.165, 1.54) is 12.1 Å². The molecule has 0 saturated carbocycles. The molecule has 39 heavy (non-hydrogen) atoms. The van der Waals surface area contributed by atoms with Gasteiger partial charge in [0, 0.05) is 49.8 Å². The van der Waals surface area contributed by atoms with E-state index >= 15 is 0 Å². The van der Waals surface area contributed by atoms with E-state index in [1.807, 2.05) is 11.8 Å². The molecule has 0 radical (unpaired) electrons. The maximum Gasteiger partial charge on any atom is 0.416 e. The van der Waals surface area contributed by atoms with Gasteiger partial charge in [0.15, 0.2) is 0 Å². The number of anilines is 2. The van der Waals surface area contributed by atoms with Crippen LogP contribution in [0.2, 0.25) is 0 Å². The number of hydrogen-bond acceptors (Lipinski definition) is 4. The predicted octanol–water partition coefficient (Wildman–Crippen LogP) is 6.37. The van der Waals surface area contributed by atoms with Gasteiger partial charge in [-0.25, -0.2) is 0 Å². The minimum absolute atomic E-state index is 0.0426. The highest BCUT2D eigenvalue weighted by molar-refractivity contribution is 6.06. The average Bonchev–Trinajstić information content (AvgIpc) is 2.87. The highest BCUT2D eigenvalue weighted by Gasteiger charge is 2.37. The maximum absolute atomic E-state index is 13.2. The fourth-order valence-corrected chi connectivity index (χ4v) is 4.23. The van der Waals surface area contributed by atoms with Crippen LogP contribution in [0.3, 0.4) is 0 Å². The van der Waals surface area contributed by atoms with Crippen LogP contribution in [0.5, 0.6) is 0 Å². The second kappa shape index (κ2) is 12.7. The summed E-state index contributed by atoms with van der Waals surface area (Å²) in [4.78, 5) is 27.9. The number of rotatable bonds is 9. The van der Waals surface area contributed by atoms with Crippen molar-refractivity contribution in [1.82, 2.24) is 5.32 Å². The Labute approximate surface area is 222 Å². The molecule has 0 atom stereocenters. The highest BCUT2D eigenvalue weighted by Crippen LogP contribution is 2.36. The Kier molecular flexibility index (Phi) is 9.87. The number of piperidine rings is 1. The zero-order valence-corrected chi connectivity index (χ0v) is 21.6. The van der Waals surface area contributed by atoms with Gasteiger partial charge in [0.05, 0.1) is 16.7 Å². The number of amides is 2. The van der Waals surface area contributed by atoms with Crippen molar-refractivity contribution in [3.8, 4) is 0 Å². The van der Waals surface area contributed by atoms with Gasteiger partial charge in [-0.15, -0.1) is 0 Å². The predicted molar refractivity (Wildman–Crippen MR) is 135 cm³/mol. The Bertz CT molecular complexity index is 1130. The van der Waals surface area contributed by atoms with E-state index in [9.17, 15) is 35.9 Å². The lowest BCUT2D eigenvalue weighted by Crippen LogP contribution is -2.35. The molecular formula is C27H31F6N3O3. The normalized spacial score (nSPS) is 14.8. The van der Waals surface area contributed by atoms with Gasteiger partial charge in [-0.05, 0) is 68.5 Å². The van der Waals surface area contributed by atoms with Crippen LogP contribution in [0.1, 0.15) is 65.0 Å². The molecule has 2 aromatic carbocycles. The first kappa shape index (κ1) is 30.3. The minimum Gasteiger partial charge on any atom is -0.382 e. The van der Waals surface area contributed by atoms with E-state index in [-0.39, 0.29) is 17.3 Å². The standard InChI is InChI=1S/C27H31F6N3O3/c1-3-39-12-4-9-34-25(38)22-16-21(5-6-23(22)36-10-7-17(2)8-11-36)35-24(37)18-13-19(26(28,29)30)15-20(14-18)27(31,32)33/h5-6,13-17H,3-4,7-12H2,1-2H3,(H,34,38)(H,35,37). The topological polar surface area (TPSA) is 70.7 Å². The Morgan fingerprint density at radius 3 is 2.13 bits per heavy atom. The van der Waals surface area contributed by atoms with Crippen LogP contribution in [-0.4, -0.2) is 44.7 Å². The Hall–Kier alpha value is -3.28. The molecule has 3 rings (SSSR count). The molecule has 0 spiro atoms. The van der Waals surface area contributed by atoms with Crippen molar-refractivity contribution >= 4 is 23.2 Å². The van der Waals surface area contributed by atoms with Crippen molar-refractivity contribution in [3.05, 3.63) is 58.7 Å². The lowest BCUT2D eigenvalue weighted by Gasteiger charge is -2.33. The van der Waals surface area contributed by atoms with Gasteiger partial charge in [0.1, 0.15) is 0 Å². The van der Waals surface area contributed by atoms with E-state index in [4.69, 9.17) is 4.74 Å². The first-order valence-corrected chi connectivity index (χ1v) is 12.7. The Morgan fingerprint density at radius 1 is 0.949 bits per heavy atom. The molecule has 0 unspecified atom stereocenters. The number of alkyl halides is 6. The summed E-state index contributed by atoms with van der Waals surface area (Å²) in [5.74, 6) is -1.06. The SMILES string of the molecule is CCOCCCNC(=O)c1cc(NC(=O)c2cc(C(F)(F)F)cc(C(F)(F)F)c2)ccc1N1CCC(C)CC1. The van der Waals surface area contributed by atoms with Crippen LogP contribution in [-0.2, 0) is 17.1 Å². The molecule has 1 heterocycles. The number of nitrogens with zero attached hydrogens (tertiary/aromatic N) is 1. The lowest BCUT2D eigenvalue weighted by atomic mass is 9.97. The highest BCUT2D eigenvalue weighted by atomic mass is 19.4. The number of hydrogen-bond donors (Lipinski definition) is 2. The van der Waals surface area contributed by atoms with E-state index in [1.54, 1.807) is 6.07 Å². The van der Waals surface area contributed by atoms with Gasteiger partial charge in [-0.2, -0.15) is 26.3 Å². The second-order valence-electron chi connectivity index (χ2n) is 9.46. The van der Waals surface area contributed by atoms with E-state index in [0.717, 1.165) is 12.8 Å². The summed E-state index contributed by atoms with van der Waals surface area (Å²) in [5.41, 5.74) is -3.08. The van der Waals surface area contributed by atoms with E-state index in [0.29, 0.717) is 63.0 Å². The van der Waals surface area contributed by atoms with E-state index < -0.39 is 40.9 Å². The first-order chi connectivity index (χ1) is 18.3. The molecule has 2 N–H and O–H groups in total. The molecular weight excluding hydrogens is 528 g/mol. The summed E-state index contributed by atoms with van der Waals surface area (Å²) in [5, 5.41) is 5.14. The number of carbonyl (C=O) groups is 2. The van der Waals surface area contributed by atoms with Crippen molar-refractivity contribution in [1.29, 1.82) is 0 Å². The van der Waals surface area contributed by atoms with Crippen LogP contribution in [0, 0.1) is 5.92 Å². The number of carbonyl (C=O) groups excluding carboxylic acids is 2. The fraction of sp³-hybridized carbons (Fsp3) is 0.481. The first-order valence-electron chi connectivity index (χ1n) is 12.7. The molecule has 2 amide bonds. The van der Waals surface area contributed by atoms with E-state index in [2.05, 4.69) is 17.6 Å². The van der Waals surface area contributed by atoms with Crippen LogP contribution < -0.4 is 15.5 Å². The molecule has 0 aliphatic carbocycles. The summed E-state index contributed by atoms with van der Waals surface area (Å²) in [7, 11) is 0. The third-order valence-electron chi connectivity index (χ3n) is 6.43. The Morgan fingerprint density at radius 2 is 1.56 bits per heavy atom. The number of nitrogens with one attached hydrogen (secondary N) is 2. The summed E-state index contributed by atoms with van der Waals surface area (Å²) < 4.78 is 84.6. The van der Waals surface area contributed by atoms with Crippen molar-refractivity contribution in [2.24, 2.45) is 5.92 Å². The van der Waals surface area contributed by atoms with Crippen molar-refractivity contribution in [2.45, 2.75) is 45.5 Å². The lowest BCUT2D eigenvalue weighted by molar-refractivity contribution is -0.143. The molecule has 0 bridgehead atoms. The molecule has 1 aliphatic heterocycles. The monoisotopic (exact) mass is 559 g/mol. The van der Waals surface area contributed by atoms with Gasteiger partial charge in [0.2, 0.25) is 0 Å². The largest absolute Gasteiger partial charge is 0.416 e. The van der Waals surface area contributed by atoms with Crippen LogP contribution in [0.25, 0.3) is 0 Å². The third kappa shape index (κ3) is 8.35. The Balaban J connectivity index is 1.89. The summed E-state index contributed by atoms with van der Waals surface area (Å²) >= 11 is 0. The van der Waals surface area contributed by atoms with Crippen LogP contribution in [0.15, 0.2) is 36.4 Å². The van der Waals surface area contributed by atoms with Gasteiger partial charge in [-0.1, -0.05) is 6.92 Å². The van der Waals surface area contributed by atoms with Gasteiger partial charge in [0.25, 0.3) is 11.8 Å². The maximum atomic E-state index is 13.2. The smallest absolute Gasteiger partial charge is 0.382 e. The summed E-state index contributed by atoms with van der Waals surface area (Å²) in [6.45, 7) is 6.75. The fourth-order valence-electron chi connectivity index (χ4n) is 4.23. The molecule has 214 valence electrons. The molecule has 1 aliphatic rings. The summed E-state index contributed by atoms with van der Waals surface area (Å²) in [6, 6.07) is 5.14. The molecule has 1 fully saturated rings. The van der Waals surface area contributed by atoms with Gasteiger partial charge >= 0.3 is 12.4 Å². The van der Waals surface area contributed by atoms with Crippen molar-refractivity contribution in [3.63, 3.8) is 0 Å². The second-order valence-corrected chi connectivity index (χ2v) is 9.46. The molecule has 2 aromatic rings. The summed E-state index contributed by atoms with van der Waals surface area (Å²) in [6.07, 6.45) is -7.76. The molecule has 6 nitrogen and oxygen atoms in total. The minimum atomic E-state index is -5.09. The average molecular weight is 560 g/mol. The van der Waals surface area contributed by atoms with Crippen LogP contribution >= 0.6 is 0 Å². The number of benzene rings is 2. The molecule has 12 heteroatoms. The third-order valence-corrected chi connectivity index (χ3v) is 6.43. The van der Waals surface area contributed by atoms with Gasteiger partial charge < -0.3 is 20.3 Å². The number of halogens is 6.